The number of hydrogen-bond acceptors (Lipinski definition) is 1. The van der Waals surface area contributed by atoms with E-state index in [9.17, 15) is 4.79 Å². The third kappa shape index (κ3) is 3.22. The van der Waals surface area contributed by atoms with E-state index in [0.717, 1.165) is 9.80 Å². The van der Waals surface area contributed by atoms with Crippen LogP contribution >= 0.6 is 43.5 Å². The summed E-state index contributed by atoms with van der Waals surface area (Å²) < 4.78 is 0.847. The number of amides is 1. The summed E-state index contributed by atoms with van der Waals surface area (Å²) in [6.07, 6.45) is 0. The maximum atomic E-state index is 12.1. The molecule has 1 aromatic carbocycles. The number of benzene rings is 1. The van der Waals surface area contributed by atoms with E-state index < -0.39 is 0 Å². The van der Waals surface area contributed by atoms with Gasteiger partial charge in [0.2, 0.25) is 0 Å². The van der Waals surface area contributed by atoms with E-state index in [-0.39, 0.29) is 11.9 Å². The molecule has 16 heavy (non-hydrogen) atoms. The maximum absolute atomic E-state index is 12.1. The Balaban J connectivity index is 3.00. The second kappa shape index (κ2) is 6.03. The average molecular weight is 369 g/mol. The Morgan fingerprint density at radius 1 is 1.56 bits per heavy atom. The summed E-state index contributed by atoms with van der Waals surface area (Å²) in [5.41, 5.74) is 0.520. The van der Waals surface area contributed by atoms with Crippen LogP contribution in [0.25, 0.3) is 0 Å². The van der Waals surface area contributed by atoms with Crippen molar-refractivity contribution in [1.82, 2.24) is 4.90 Å². The summed E-state index contributed by atoms with van der Waals surface area (Å²) in [5, 5.41) is 1.21. The number of carbonyl (C=O) groups is 1. The predicted octanol–water partition coefficient (Wildman–Crippen LogP) is 3.96. The molecule has 0 N–H and O–H groups in total. The fourth-order valence-corrected chi connectivity index (χ4v) is 2.15. The van der Waals surface area contributed by atoms with Crippen molar-refractivity contribution in [2.45, 2.75) is 13.0 Å². The molecule has 0 fully saturated rings. The summed E-state index contributed by atoms with van der Waals surface area (Å²) in [7, 11) is 1.77. The van der Waals surface area contributed by atoms with Gasteiger partial charge in [-0.05, 0) is 25.1 Å². The summed E-state index contributed by atoms with van der Waals surface area (Å²) >= 11 is 12.7. The van der Waals surface area contributed by atoms with Crippen LogP contribution in [-0.2, 0) is 0 Å². The van der Waals surface area contributed by atoms with Gasteiger partial charge in [0.25, 0.3) is 5.91 Å². The smallest absolute Gasteiger partial charge is 0.255 e. The Morgan fingerprint density at radius 3 is 2.75 bits per heavy atom. The maximum Gasteiger partial charge on any atom is 0.255 e. The van der Waals surface area contributed by atoms with Crippen molar-refractivity contribution in [3.8, 4) is 0 Å². The predicted molar refractivity (Wildman–Crippen MR) is 74.5 cm³/mol. The van der Waals surface area contributed by atoms with Gasteiger partial charge in [0.15, 0.2) is 0 Å². The molecule has 1 amide bonds. The van der Waals surface area contributed by atoms with Crippen LogP contribution in [0.5, 0.6) is 0 Å². The topological polar surface area (TPSA) is 20.3 Å². The number of carbonyl (C=O) groups excluding carboxylic acids is 1. The van der Waals surface area contributed by atoms with Crippen LogP contribution in [-0.4, -0.2) is 29.2 Å². The molecular weight excluding hydrogens is 357 g/mol. The first-order chi connectivity index (χ1) is 7.47. The lowest BCUT2D eigenvalue weighted by molar-refractivity contribution is 0.0758. The second-order valence-electron chi connectivity index (χ2n) is 3.54. The molecule has 0 bridgehead atoms. The van der Waals surface area contributed by atoms with Gasteiger partial charge in [-0.3, -0.25) is 4.79 Å². The molecule has 2 nitrogen and oxygen atoms in total. The number of halogens is 3. The fraction of sp³-hybridized carbons (Fsp3) is 0.364. The number of alkyl halides is 1. The van der Waals surface area contributed by atoms with Crippen LogP contribution in [0, 0.1) is 0 Å². The Kier molecular flexibility index (Phi) is 5.28. The molecule has 0 saturated carbocycles. The first kappa shape index (κ1) is 14.0. The van der Waals surface area contributed by atoms with E-state index >= 15 is 0 Å². The van der Waals surface area contributed by atoms with E-state index in [0.29, 0.717) is 10.6 Å². The molecule has 1 unspecified atom stereocenters. The molecule has 1 atom stereocenters. The molecule has 0 radical (unpaired) electrons. The van der Waals surface area contributed by atoms with Crippen LogP contribution in [0.2, 0.25) is 5.02 Å². The van der Waals surface area contributed by atoms with Gasteiger partial charge in [-0.1, -0.05) is 43.5 Å². The van der Waals surface area contributed by atoms with Gasteiger partial charge in [0.1, 0.15) is 0 Å². The van der Waals surface area contributed by atoms with E-state index in [1.165, 1.54) is 0 Å². The zero-order chi connectivity index (χ0) is 12.3. The van der Waals surface area contributed by atoms with Crippen molar-refractivity contribution in [1.29, 1.82) is 0 Å². The van der Waals surface area contributed by atoms with Gasteiger partial charge in [0.05, 0.1) is 10.6 Å². The van der Waals surface area contributed by atoms with Crippen LogP contribution < -0.4 is 0 Å². The first-order valence-electron chi connectivity index (χ1n) is 4.75. The summed E-state index contributed by atoms with van der Waals surface area (Å²) in [4.78, 5) is 13.8. The molecule has 0 spiro atoms. The third-order valence-corrected chi connectivity index (χ3v) is 4.12. The van der Waals surface area contributed by atoms with Gasteiger partial charge >= 0.3 is 0 Å². The van der Waals surface area contributed by atoms with Crippen molar-refractivity contribution in [3.63, 3.8) is 0 Å². The van der Waals surface area contributed by atoms with Crippen LogP contribution in [0.15, 0.2) is 22.7 Å². The Hall–Kier alpha value is -0.0600. The molecule has 0 aliphatic heterocycles. The van der Waals surface area contributed by atoms with E-state index in [1.807, 2.05) is 13.0 Å². The lowest BCUT2D eigenvalue weighted by Crippen LogP contribution is -2.36. The molecule has 0 saturated heterocycles. The van der Waals surface area contributed by atoms with Crippen molar-refractivity contribution in [2.24, 2.45) is 0 Å². The van der Waals surface area contributed by atoms with E-state index in [4.69, 9.17) is 11.6 Å². The molecule has 0 aliphatic carbocycles. The zero-order valence-electron chi connectivity index (χ0n) is 9.01. The molecule has 1 aromatic rings. The van der Waals surface area contributed by atoms with Crippen LogP contribution in [0.3, 0.4) is 0 Å². The summed E-state index contributed by atoms with van der Waals surface area (Å²) in [6.45, 7) is 1.97. The zero-order valence-corrected chi connectivity index (χ0v) is 12.9. The standard InChI is InChI=1S/C11H12Br2ClNO/c1-7(6-12)15(2)11(16)9-5-8(13)3-4-10(9)14/h3-5,7H,6H2,1-2H3. The average Bonchev–Trinajstić information content (AvgIpc) is 2.29. The van der Waals surface area contributed by atoms with E-state index in [1.54, 1.807) is 24.1 Å². The summed E-state index contributed by atoms with van der Waals surface area (Å²) in [5.74, 6) is -0.0711. The first-order valence-corrected chi connectivity index (χ1v) is 7.04. The fourth-order valence-electron chi connectivity index (χ4n) is 1.16. The van der Waals surface area contributed by atoms with Crippen LogP contribution in [0.4, 0.5) is 0 Å². The Labute approximate surface area is 117 Å². The van der Waals surface area contributed by atoms with Gasteiger partial charge < -0.3 is 4.90 Å². The number of hydrogen-bond donors (Lipinski definition) is 0. The molecule has 1 rings (SSSR count). The molecule has 0 heterocycles. The van der Waals surface area contributed by atoms with Gasteiger partial charge in [-0.15, -0.1) is 0 Å². The van der Waals surface area contributed by atoms with Crippen molar-refractivity contribution in [2.75, 3.05) is 12.4 Å². The SMILES string of the molecule is CC(CBr)N(C)C(=O)c1cc(Br)ccc1Cl. The number of nitrogens with zero attached hydrogens (tertiary/aromatic N) is 1. The highest BCUT2D eigenvalue weighted by atomic mass is 79.9. The van der Waals surface area contributed by atoms with Gasteiger partial charge in [-0.25, -0.2) is 0 Å². The highest BCUT2D eigenvalue weighted by Gasteiger charge is 2.19. The third-order valence-electron chi connectivity index (χ3n) is 2.36. The minimum Gasteiger partial charge on any atom is -0.338 e. The minimum absolute atomic E-state index is 0.0711. The van der Waals surface area contributed by atoms with Crippen molar-refractivity contribution in [3.05, 3.63) is 33.3 Å². The van der Waals surface area contributed by atoms with E-state index in [2.05, 4.69) is 31.9 Å². The molecular formula is C11H12Br2ClNO. The Bertz CT molecular complexity index is 398. The quantitative estimate of drug-likeness (QED) is 0.739. The minimum atomic E-state index is -0.0711. The lowest BCUT2D eigenvalue weighted by atomic mass is 10.2. The Morgan fingerprint density at radius 2 is 2.19 bits per heavy atom. The van der Waals surface area contributed by atoms with Crippen molar-refractivity contribution < 1.29 is 4.79 Å². The van der Waals surface area contributed by atoms with Crippen molar-refractivity contribution >= 4 is 49.4 Å². The highest BCUT2D eigenvalue weighted by molar-refractivity contribution is 9.10. The van der Waals surface area contributed by atoms with Gasteiger partial charge in [0, 0.05) is 22.9 Å². The molecule has 0 aromatic heterocycles. The second-order valence-corrected chi connectivity index (χ2v) is 5.51. The van der Waals surface area contributed by atoms with Crippen LogP contribution in [0.1, 0.15) is 17.3 Å². The monoisotopic (exact) mass is 367 g/mol. The number of rotatable bonds is 3. The molecule has 0 aliphatic rings. The van der Waals surface area contributed by atoms with Gasteiger partial charge in [-0.2, -0.15) is 0 Å². The highest BCUT2D eigenvalue weighted by Crippen LogP contribution is 2.22. The largest absolute Gasteiger partial charge is 0.338 e. The summed E-state index contributed by atoms with van der Waals surface area (Å²) in [6, 6.07) is 5.39. The lowest BCUT2D eigenvalue weighted by Gasteiger charge is -2.23. The molecule has 5 heteroatoms. The normalized spacial score (nSPS) is 12.3. The molecule has 88 valence electrons.